The number of rotatable bonds is 5. The topological polar surface area (TPSA) is 95.8 Å². The Kier molecular flexibility index (Phi) is 6.07. The third kappa shape index (κ3) is 4.74. The van der Waals surface area contributed by atoms with Crippen molar-refractivity contribution in [2.45, 2.75) is 36.6 Å². The predicted octanol–water partition coefficient (Wildman–Crippen LogP) is 3.01. The fourth-order valence-electron chi connectivity index (χ4n) is 4.68. The van der Waals surface area contributed by atoms with Crippen LogP contribution < -0.4 is 9.62 Å². The van der Waals surface area contributed by atoms with Crippen LogP contribution in [0.4, 0.5) is 6.01 Å². The molecule has 0 bridgehead atoms. The first-order chi connectivity index (χ1) is 16.0. The normalized spacial score (nSPS) is 18.7. The van der Waals surface area contributed by atoms with Crippen LogP contribution in [0.2, 0.25) is 0 Å². The van der Waals surface area contributed by atoms with Gasteiger partial charge in [0.15, 0.2) is 5.58 Å². The van der Waals surface area contributed by atoms with E-state index in [1.807, 2.05) is 29.2 Å². The Morgan fingerprint density at radius 2 is 1.58 bits per heavy atom. The number of oxazole rings is 1. The lowest BCUT2D eigenvalue weighted by Crippen LogP contribution is -2.49. The molecule has 33 heavy (non-hydrogen) atoms. The molecule has 0 saturated carbocycles. The molecule has 0 unspecified atom stereocenters. The van der Waals surface area contributed by atoms with E-state index in [1.54, 1.807) is 30.3 Å². The van der Waals surface area contributed by atoms with Gasteiger partial charge in [-0.3, -0.25) is 4.79 Å². The summed E-state index contributed by atoms with van der Waals surface area (Å²) in [4.78, 5) is 21.9. The van der Waals surface area contributed by atoms with Gasteiger partial charge in [-0.25, -0.2) is 13.1 Å². The number of carbonyl (C=O) groups is 1. The van der Waals surface area contributed by atoms with Crippen molar-refractivity contribution >= 4 is 33.0 Å². The molecule has 2 saturated heterocycles. The molecule has 174 valence electrons. The monoisotopic (exact) mass is 468 g/mol. The maximum atomic E-state index is 13.1. The van der Waals surface area contributed by atoms with E-state index in [9.17, 15) is 13.2 Å². The van der Waals surface area contributed by atoms with Crippen molar-refractivity contribution in [2.24, 2.45) is 5.92 Å². The smallest absolute Gasteiger partial charge is 0.298 e. The summed E-state index contributed by atoms with van der Waals surface area (Å²) in [5.74, 6) is 0.166. The SMILES string of the molecule is O=C(C1CCN(c2nc3ccccc3o2)CC1)N1CCC(NS(=O)(=O)c2ccccc2)CC1. The van der Waals surface area contributed by atoms with Crippen LogP contribution in [0.3, 0.4) is 0 Å². The molecule has 5 rings (SSSR count). The third-order valence-corrected chi connectivity index (χ3v) is 8.12. The lowest BCUT2D eigenvalue weighted by Gasteiger charge is -2.37. The summed E-state index contributed by atoms with van der Waals surface area (Å²) in [7, 11) is -3.53. The zero-order valence-corrected chi connectivity index (χ0v) is 19.2. The minimum absolute atomic E-state index is 0.0109. The lowest BCUT2D eigenvalue weighted by molar-refractivity contribution is -0.137. The Morgan fingerprint density at radius 1 is 0.909 bits per heavy atom. The molecule has 0 atom stereocenters. The number of aromatic nitrogens is 1. The molecule has 1 amide bonds. The fraction of sp³-hybridized carbons (Fsp3) is 0.417. The van der Waals surface area contributed by atoms with Gasteiger partial charge in [0.2, 0.25) is 15.9 Å². The average Bonchev–Trinajstić information content (AvgIpc) is 3.29. The summed E-state index contributed by atoms with van der Waals surface area (Å²) in [5, 5.41) is 0. The van der Waals surface area contributed by atoms with E-state index >= 15 is 0 Å². The van der Waals surface area contributed by atoms with Crippen LogP contribution in [0, 0.1) is 5.92 Å². The number of hydrogen-bond donors (Lipinski definition) is 1. The van der Waals surface area contributed by atoms with Gasteiger partial charge >= 0.3 is 0 Å². The van der Waals surface area contributed by atoms with Gasteiger partial charge in [-0.2, -0.15) is 4.98 Å². The standard InChI is InChI=1S/C24H28N4O4S/c29-23(18-10-14-28(15-11-18)24-25-21-8-4-5-9-22(21)32-24)27-16-12-19(13-17-27)26-33(30,31)20-6-2-1-3-7-20/h1-9,18-19,26H,10-17H2. The lowest BCUT2D eigenvalue weighted by atomic mass is 9.94. The Labute approximate surface area is 193 Å². The molecule has 1 aromatic heterocycles. The van der Waals surface area contributed by atoms with Crippen molar-refractivity contribution in [3.8, 4) is 0 Å². The van der Waals surface area contributed by atoms with Gasteiger partial charge in [0, 0.05) is 38.1 Å². The fourth-order valence-corrected chi connectivity index (χ4v) is 6.00. The largest absolute Gasteiger partial charge is 0.423 e. The van der Waals surface area contributed by atoms with Gasteiger partial charge in [-0.05, 0) is 49.9 Å². The van der Waals surface area contributed by atoms with Crippen molar-refractivity contribution in [2.75, 3.05) is 31.1 Å². The van der Waals surface area contributed by atoms with Gasteiger partial charge in [0.25, 0.3) is 6.01 Å². The first-order valence-corrected chi connectivity index (χ1v) is 12.9. The zero-order chi connectivity index (χ0) is 22.8. The Balaban J connectivity index is 1.12. The molecular formula is C24H28N4O4S. The van der Waals surface area contributed by atoms with Gasteiger partial charge < -0.3 is 14.2 Å². The van der Waals surface area contributed by atoms with Crippen molar-refractivity contribution < 1.29 is 17.6 Å². The number of carbonyl (C=O) groups excluding carboxylic acids is 1. The van der Waals surface area contributed by atoms with Crippen molar-refractivity contribution in [3.05, 3.63) is 54.6 Å². The molecule has 1 N–H and O–H groups in total. The second kappa shape index (κ2) is 9.15. The van der Waals surface area contributed by atoms with Crippen LogP contribution in [0.5, 0.6) is 0 Å². The highest BCUT2D eigenvalue weighted by Gasteiger charge is 2.33. The molecule has 2 aromatic carbocycles. The number of hydrogen-bond acceptors (Lipinski definition) is 6. The number of sulfonamides is 1. The molecule has 2 aliphatic rings. The minimum Gasteiger partial charge on any atom is -0.423 e. The van der Waals surface area contributed by atoms with E-state index in [4.69, 9.17) is 4.42 Å². The Morgan fingerprint density at radius 3 is 2.27 bits per heavy atom. The second-order valence-electron chi connectivity index (χ2n) is 8.76. The van der Waals surface area contributed by atoms with Gasteiger partial charge in [-0.1, -0.05) is 30.3 Å². The number of fused-ring (bicyclic) bond motifs is 1. The maximum absolute atomic E-state index is 13.1. The van der Waals surface area contributed by atoms with Crippen LogP contribution in [0.15, 0.2) is 63.9 Å². The quantitative estimate of drug-likeness (QED) is 0.619. The molecule has 0 spiro atoms. The highest BCUT2D eigenvalue weighted by Crippen LogP contribution is 2.28. The van der Waals surface area contributed by atoms with Gasteiger partial charge in [-0.15, -0.1) is 0 Å². The number of likely N-dealkylation sites (tertiary alicyclic amines) is 1. The number of para-hydroxylation sites is 2. The number of amides is 1. The molecule has 2 fully saturated rings. The van der Waals surface area contributed by atoms with Crippen LogP contribution >= 0.6 is 0 Å². The summed E-state index contributed by atoms with van der Waals surface area (Å²) in [5.41, 5.74) is 1.62. The minimum atomic E-state index is -3.53. The first kappa shape index (κ1) is 21.9. The third-order valence-electron chi connectivity index (χ3n) is 6.58. The molecule has 2 aliphatic heterocycles. The number of nitrogens with one attached hydrogen (secondary N) is 1. The average molecular weight is 469 g/mol. The summed E-state index contributed by atoms with van der Waals surface area (Å²) in [6.45, 7) is 2.62. The Bertz CT molecular complexity index is 1180. The summed E-state index contributed by atoms with van der Waals surface area (Å²) in [6.07, 6.45) is 2.77. The van der Waals surface area contributed by atoms with Gasteiger partial charge in [0.1, 0.15) is 5.52 Å². The molecule has 9 heteroatoms. The Hall–Kier alpha value is -2.91. The van der Waals surface area contributed by atoms with Crippen LogP contribution in [0.25, 0.3) is 11.1 Å². The number of nitrogens with zero attached hydrogens (tertiary/aromatic N) is 3. The molecule has 3 heterocycles. The number of benzene rings is 2. The van der Waals surface area contributed by atoms with Crippen molar-refractivity contribution in [1.29, 1.82) is 0 Å². The first-order valence-electron chi connectivity index (χ1n) is 11.5. The predicted molar refractivity (Wildman–Crippen MR) is 125 cm³/mol. The molecular weight excluding hydrogens is 440 g/mol. The van der Waals surface area contributed by atoms with Gasteiger partial charge in [0.05, 0.1) is 4.90 Å². The maximum Gasteiger partial charge on any atom is 0.298 e. The number of piperidine rings is 2. The van der Waals surface area contributed by atoms with E-state index in [-0.39, 0.29) is 22.8 Å². The molecule has 0 radical (unpaired) electrons. The van der Waals surface area contributed by atoms with E-state index in [0.717, 1.165) is 37.0 Å². The van der Waals surface area contributed by atoms with E-state index < -0.39 is 10.0 Å². The van der Waals surface area contributed by atoms with E-state index in [2.05, 4.69) is 14.6 Å². The van der Waals surface area contributed by atoms with E-state index in [0.29, 0.717) is 31.9 Å². The van der Waals surface area contributed by atoms with Crippen LogP contribution in [-0.4, -0.2) is 56.4 Å². The summed E-state index contributed by atoms with van der Waals surface area (Å²) >= 11 is 0. The van der Waals surface area contributed by atoms with Crippen molar-refractivity contribution in [3.63, 3.8) is 0 Å². The molecule has 8 nitrogen and oxygen atoms in total. The highest BCUT2D eigenvalue weighted by molar-refractivity contribution is 7.89. The molecule has 3 aromatic rings. The number of anilines is 1. The van der Waals surface area contributed by atoms with Crippen LogP contribution in [-0.2, 0) is 14.8 Å². The van der Waals surface area contributed by atoms with Crippen LogP contribution in [0.1, 0.15) is 25.7 Å². The molecule has 0 aliphatic carbocycles. The summed E-state index contributed by atoms with van der Waals surface area (Å²) < 4.78 is 33.8. The van der Waals surface area contributed by atoms with Crippen molar-refractivity contribution in [1.82, 2.24) is 14.6 Å². The second-order valence-corrected chi connectivity index (χ2v) is 10.5. The zero-order valence-electron chi connectivity index (χ0n) is 18.4. The highest BCUT2D eigenvalue weighted by atomic mass is 32.2. The summed E-state index contributed by atoms with van der Waals surface area (Å²) in [6, 6.07) is 16.6. The van der Waals surface area contributed by atoms with E-state index in [1.165, 1.54) is 0 Å².